The maximum absolute atomic E-state index is 5.42. The molecule has 0 unspecified atom stereocenters. The Hall–Kier alpha value is 0.848. The molecule has 1 aliphatic rings. The van der Waals surface area contributed by atoms with Crippen molar-refractivity contribution in [2.45, 2.75) is 39.0 Å². The molecule has 2 aromatic rings. The van der Waals surface area contributed by atoms with Gasteiger partial charge in [0.1, 0.15) is 5.52 Å². The number of para-hydroxylation sites is 1. The van der Waals surface area contributed by atoms with Crippen molar-refractivity contribution in [3.8, 4) is 0 Å². The van der Waals surface area contributed by atoms with Gasteiger partial charge in [-0.2, -0.15) is 5.11 Å². The minimum absolute atomic E-state index is 0.325. The van der Waals surface area contributed by atoms with Crippen molar-refractivity contribution in [2.24, 2.45) is 10.2 Å². The summed E-state index contributed by atoms with van der Waals surface area (Å²) in [5.74, 6) is 0. The van der Waals surface area contributed by atoms with Gasteiger partial charge in [-0.3, -0.25) is 0 Å². The van der Waals surface area contributed by atoms with Crippen molar-refractivity contribution in [1.29, 1.82) is 0 Å². The first kappa shape index (κ1) is 21.2. The standard InChI is InChI=1S/C13H17N4.6ClH.Sb/c1-12(2)14-15-13(3,4)17-11-8-6-5-7-10(11)9-16(12)17;;;;;;;/h5-9H,1-4H3;6*1H;/q+1;;;;;;;+5/p-6. The third-order valence-electron chi connectivity index (χ3n) is 3.26. The van der Waals surface area contributed by atoms with Crippen LogP contribution in [0.2, 0.25) is 0 Å². The number of halogens is 6. The van der Waals surface area contributed by atoms with E-state index in [0.29, 0.717) is 0 Å². The SMILES string of the molecule is CC1(C)N=NC(C)(C)[n+]2cc3ccccc3n21.[Cl][Sb-]([Cl])([Cl])([Cl])([Cl])[Cl]. The van der Waals surface area contributed by atoms with Gasteiger partial charge in [-0.1, -0.05) is 16.8 Å². The molecule has 4 nitrogen and oxygen atoms in total. The molecule has 0 saturated carbocycles. The van der Waals surface area contributed by atoms with Gasteiger partial charge in [-0.05, 0) is 26.0 Å². The molecule has 3 rings (SSSR count). The molecule has 2 heterocycles. The summed E-state index contributed by atoms with van der Waals surface area (Å²) >= 11 is 0. The molecule has 0 amide bonds. The van der Waals surface area contributed by atoms with Gasteiger partial charge in [0.05, 0.1) is 5.39 Å². The zero-order chi connectivity index (χ0) is 18.7. The number of benzene rings is 1. The van der Waals surface area contributed by atoms with Crippen molar-refractivity contribution in [2.75, 3.05) is 0 Å². The third-order valence-corrected chi connectivity index (χ3v) is 3.26. The van der Waals surface area contributed by atoms with Crippen LogP contribution in [0.1, 0.15) is 27.7 Å². The molecule has 0 saturated heterocycles. The zero-order valence-corrected chi connectivity index (χ0v) is 20.5. The Bertz CT molecular complexity index is 809. The van der Waals surface area contributed by atoms with Gasteiger partial charge in [-0.15, -0.1) is 9.80 Å². The quantitative estimate of drug-likeness (QED) is 0.258. The van der Waals surface area contributed by atoms with Crippen LogP contribution in [-0.2, 0) is 11.3 Å². The van der Waals surface area contributed by atoms with Crippen molar-refractivity contribution >= 4 is 73.0 Å². The van der Waals surface area contributed by atoms with Gasteiger partial charge in [-0.25, -0.2) is 0 Å². The molecule has 0 fully saturated rings. The molecule has 136 valence electrons. The van der Waals surface area contributed by atoms with Gasteiger partial charge in [0.15, 0.2) is 0 Å². The predicted molar refractivity (Wildman–Crippen MR) is 107 cm³/mol. The van der Waals surface area contributed by atoms with Crippen LogP contribution in [0.25, 0.3) is 10.9 Å². The molecule has 0 N–H and O–H groups in total. The Morgan fingerprint density at radius 3 is 1.96 bits per heavy atom. The van der Waals surface area contributed by atoms with E-state index in [1.807, 2.05) is 0 Å². The Labute approximate surface area is 160 Å². The van der Waals surface area contributed by atoms with Gasteiger partial charge in [0, 0.05) is 13.8 Å². The average Bonchev–Trinajstić information content (AvgIpc) is 2.73. The fourth-order valence-corrected chi connectivity index (χ4v) is 2.39. The molecule has 0 spiro atoms. The van der Waals surface area contributed by atoms with Crippen molar-refractivity contribution < 1.29 is 4.68 Å². The molecule has 24 heavy (non-hydrogen) atoms. The van der Waals surface area contributed by atoms with E-state index in [4.69, 9.17) is 53.0 Å². The second kappa shape index (κ2) is 5.67. The molecule has 0 atom stereocenters. The van der Waals surface area contributed by atoms with Crippen molar-refractivity contribution in [3.05, 3.63) is 30.5 Å². The topological polar surface area (TPSA) is 33.5 Å². The summed E-state index contributed by atoms with van der Waals surface area (Å²) < 4.78 is 4.39. The van der Waals surface area contributed by atoms with Crippen LogP contribution < -0.4 is 4.68 Å². The Kier molecular flexibility index (Phi) is 5.00. The first-order valence-electron chi connectivity index (χ1n) is 6.91. The van der Waals surface area contributed by atoms with Gasteiger partial charge >= 0.3 is 62.1 Å². The third kappa shape index (κ3) is 5.94. The van der Waals surface area contributed by atoms with E-state index in [9.17, 15) is 0 Å². The van der Waals surface area contributed by atoms with Crippen LogP contribution in [0.5, 0.6) is 0 Å². The maximum atomic E-state index is 5.06. The van der Waals surface area contributed by atoms with Crippen LogP contribution in [0.4, 0.5) is 0 Å². The number of fused-ring (bicyclic) bond motifs is 3. The number of nitrogens with zero attached hydrogens (tertiary/aromatic N) is 4. The van der Waals surface area contributed by atoms with E-state index in [1.54, 1.807) is 0 Å². The van der Waals surface area contributed by atoms with Gasteiger partial charge in [0.25, 0.3) is 5.66 Å². The van der Waals surface area contributed by atoms with E-state index < -0.39 is 9.14 Å². The number of rotatable bonds is 0. The van der Waals surface area contributed by atoms with E-state index in [2.05, 4.69) is 77.7 Å². The number of hydrogen-bond donors (Lipinski definition) is 0. The molecule has 1 aromatic carbocycles. The molecule has 0 bridgehead atoms. The van der Waals surface area contributed by atoms with E-state index >= 15 is 0 Å². The summed E-state index contributed by atoms with van der Waals surface area (Å²) in [7, 11) is 25.0. The number of hydrogen-bond acceptors (Lipinski definition) is 2. The van der Waals surface area contributed by atoms with Crippen LogP contribution in [-0.4, -0.2) is 13.8 Å². The number of aromatic nitrogens is 2. The first-order valence-corrected chi connectivity index (χ1v) is 26.3. The summed E-state index contributed by atoms with van der Waals surface area (Å²) in [6.07, 6.45) is 2.15. The Morgan fingerprint density at radius 1 is 0.917 bits per heavy atom. The average molecular weight is 564 g/mol. The molecule has 0 radical (unpaired) electrons. The predicted octanol–water partition coefficient (Wildman–Crippen LogP) is 6.54. The Morgan fingerprint density at radius 2 is 1.42 bits per heavy atom. The molecule has 0 aliphatic carbocycles. The fraction of sp³-hybridized carbons (Fsp3) is 0.462. The summed E-state index contributed by atoms with van der Waals surface area (Å²) in [6, 6.07) is 8.37. The van der Waals surface area contributed by atoms with Gasteiger partial charge in [0.2, 0.25) is 11.9 Å². The first-order chi connectivity index (χ1) is 10.4. The summed E-state index contributed by atoms with van der Waals surface area (Å²) in [5.41, 5.74) is 0.539. The van der Waals surface area contributed by atoms with Crippen LogP contribution in [0.15, 0.2) is 40.7 Å². The van der Waals surface area contributed by atoms with Crippen LogP contribution >= 0.6 is 53.0 Å². The molecular weight excluding hydrogens is 547 g/mol. The van der Waals surface area contributed by atoms with Crippen molar-refractivity contribution in [1.82, 2.24) is 4.68 Å². The number of azo groups is 1. The molecule has 1 aromatic heterocycles. The fourth-order valence-electron chi connectivity index (χ4n) is 2.39. The second-order valence-electron chi connectivity index (χ2n) is 6.49. The normalized spacial score (nSPS) is 21.2. The zero-order valence-electron chi connectivity index (χ0n) is 13.4. The van der Waals surface area contributed by atoms with Crippen LogP contribution in [0, 0.1) is 0 Å². The van der Waals surface area contributed by atoms with Gasteiger partial charge < -0.3 is 0 Å². The van der Waals surface area contributed by atoms with Crippen molar-refractivity contribution in [3.63, 3.8) is 0 Å². The van der Waals surface area contributed by atoms with E-state index in [1.165, 1.54) is 10.9 Å². The Balaban J connectivity index is 0.000000256. The summed E-state index contributed by atoms with van der Waals surface area (Å²) in [6.45, 7) is 8.30. The molecule has 11 heteroatoms. The summed E-state index contributed by atoms with van der Waals surface area (Å²) in [5, 5.41) is 10.1. The minimum atomic E-state index is -5.42. The van der Waals surface area contributed by atoms with E-state index in [-0.39, 0.29) is 11.3 Å². The summed E-state index contributed by atoms with van der Waals surface area (Å²) in [4.78, 5) is 0. The second-order valence-corrected chi connectivity index (χ2v) is 63.4. The van der Waals surface area contributed by atoms with E-state index in [0.717, 1.165) is 0 Å². The molecular formula is C13H17Cl6N4Sb. The monoisotopic (exact) mass is 560 g/mol. The van der Waals surface area contributed by atoms with Crippen LogP contribution in [0.3, 0.4) is 0 Å². The molecule has 1 aliphatic heterocycles.